The van der Waals surface area contributed by atoms with Gasteiger partial charge in [0.15, 0.2) is 5.69 Å². The van der Waals surface area contributed by atoms with Crippen molar-refractivity contribution in [3.05, 3.63) is 56.7 Å². The van der Waals surface area contributed by atoms with Crippen LogP contribution in [-0.4, -0.2) is 22.0 Å². The van der Waals surface area contributed by atoms with E-state index in [9.17, 15) is 14.4 Å². The molecule has 1 heterocycles. The second-order valence-corrected chi connectivity index (χ2v) is 9.34. The highest BCUT2D eigenvalue weighted by Gasteiger charge is 2.25. The zero-order chi connectivity index (χ0) is 23.1. The molecule has 1 aromatic carbocycles. The van der Waals surface area contributed by atoms with E-state index in [4.69, 9.17) is 5.73 Å². The summed E-state index contributed by atoms with van der Waals surface area (Å²) in [7, 11) is 0. The molecule has 0 radical (unpaired) electrons. The number of nitrogens with two attached hydrogens (primary N) is 1. The third-order valence-electron chi connectivity index (χ3n) is 6.39. The van der Waals surface area contributed by atoms with Crippen LogP contribution in [-0.2, 0) is 11.3 Å². The number of benzene rings is 1. The summed E-state index contributed by atoms with van der Waals surface area (Å²) in [6.07, 6.45) is 8.04. The number of H-pyrrole nitrogens is 1. The van der Waals surface area contributed by atoms with Crippen molar-refractivity contribution in [1.29, 1.82) is 0 Å². The molecule has 0 saturated heterocycles. The Hall–Kier alpha value is -2.83. The van der Waals surface area contributed by atoms with Crippen LogP contribution in [0.5, 0.6) is 0 Å². The molecule has 7 heteroatoms. The Morgan fingerprint density at radius 2 is 1.84 bits per heavy atom. The van der Waals surface area contributed by atoms with Gasteiger partial charge in [-0.15, -0.1) is 0 Å². The lowest BCUT2D eigenvalue weighted by Gasteiger charge is -2.27. The number of aromatic amines is 1. The molecule has 0 unspecified atom stereocenters. The van der Waals surface area contributed by atoms with Crippen LogP contribution in [0.3, 0.4) is 0 Å². The molecule has 1 amide bonds. The van der Waals surface area contributed by atoms with Gasteiger partial charge in [-0.25, -0.2) is 4.79 Å². The molecule has 0 bridgehead atoms. The molecule has 1 aliphatic rings. The van der Waals surface area contributed by atoms with Crippen molar-refractivity contribution in [3.8, 4) is 0 Å². The first-order valence-electron chi connectivity index (χ1n) is 11.8. The summed E-state index contributed by atoms with van der Waals surface area (Å²) in [6.45, 7) is 4.78. The summed E-state index contributed by atoms with van der Waals surface area (Å²) in [6, 6.07) is 9.44. The molecule has 0 spiro atoms. The van der Waals surface area contributed by atoms with Gasteiger partial charge in [-0.3, -0.25) is 19.1 Å². The van der Waals surface area contributed by atoms with Gasteiger partial charge in [0.1, 0.15) is 5.82 Å². The van der Waals surface area contributed by atoms with E-state index in [0.717, 1.165) is 18.4 Å². The van der Waals surface area contributed by atoms with Gasteiger partial charge < -0.3 is 10.6 Å². The van der Waals surface area contributed by atoms with E-state index in [1.165, 1.54) is 41.6 Å². The highest BCUT2D eigenvalue weighted by Crippen LogP contribution is 2.28. The van der Waals surface area contributed by atoms with Crippen molar-refractivity contribution in [3.63, 3.8) is 0 Å². The highest BCUT2D eigenvalue weighted by atomic mass is 16.2. The van der Waals surface area contributed by atoms with Crippen LogP contribution in [0.4, 0.5) is 11.5 Å². The van der Waals surface area contributed by atoms with Crippen LogP contribution in [0.1, 0.15) is 70.8 Å². The van der Waals surface area contributed by atoms with Gasteiger partial charge >= 0.3 is 5.69 Å². The maximum absolute atomic E-state index is 13.3. The first-order chi connectivity index (χ1) is 15.4. The van der Waals surface area contributed by atoms with Crippen molar-refractivity contribution in [2.24, 2.45) is 11.8 Å². The van der Waals surface area contributed by atoms with E-state index < -0.39 is 11.2 Å². The third-order valence-corrected chi connectivity index (χ3v) is 6.39. The quantitative estimate of drug-likeness (QED) is 0.617. The van der Waals surface area contributed by atoms with Gasteiger partial charge in [0.2, 0.25) is 5.91 Å². The van der Waals surface area contributed by atoms with Crippen molar-refractivity contribution in [2.75, 3.05) is 17.2 Å². The number of anilines is 2. The SMILES string of the molecule is CC(C)CCN(C(=O)CCC1CCCCC1)c1c(N)n(Cc2ccccc2)c(=O)[nH]c1=O. The fraction of sp³-hybridized carbons (Fsp3) is 0.560. The number of hydrogen-bond donors (Lipinski definition) is 2. The number of carbonyl (C=O) groups excluding carboxylic acids is 1. The fourth-order valence-corrected chi connectivity index (χ4v) is 4.45. The van der Waals surface area contributed by atoms with Gasteiger partial charge in [-0.05, 0) is 30.2 Å². The number of amides is 1. The Morgan fingerprint density at radius 3 is 2.50 bits per heavy atom. The summed E-state index contributed by atoms with van der Waals surface area (Å²) in [5.41, 5.74) is 6.17. The van der Waals surface area contributed by atoms with Crippen molar-refractivity contribution >= 4 is 17.4 Å². The molecular formula is C25H36N4O3. The average Bonchev–Trinajstić information content (AvgIpc) is 2.78. The van der Waals surface area contributed by atoms with Crippen LogP contribution < -0.4 is 21.9 Å². The molecule has 7 nitrogen and oxygen atoms in total. The Balaban J connectivity index is 1.90. The van der Waals surface area contributed by atoms with Gasteiger partial charge in [-0.2, -0.15) is 0 Å². The minimum absolute atomic E-state index is 0.0392. The van der Waals surface area contributed by atoms with Crippen LogP contribution in [0.2, 0.25) is 0 Å². The van der Waals surface area contributed by atoms with E-state index in [-0.39, 0.29) is 24.0 Å². The number of hydrogen-bond acceptors (Lipinski definition) is 4. The Bertz CT molecular complexity index is 1000. The zero-order valence-electron chi connectivity index (χ0n) is 19.3. The summed E-state index contributed by atoms with van der Waals surface area (Å²) >= 11 is 0. The fourth-order valence-electron chi connectivity index (χ4n) is 4.45. The van der Waals surface area contributed by atoms with Crippen molar-refractivity contribution < 1.29 is 4.79 Å². The number of carbonyl (C=O) groups is 1. The van der Waals surface area contributed by atoms with Gasteiger partial charge in [0, 0.05) is 13.0 Å². The third kappa shape index (κ3) is 6.11. The predicted molar refractivity (Wildman–Crippen MR) is 129 cm³/mol. The Morgan fingerprint density at radius 1 is 1.16 bits per heavy atom. The molecule has 3 rings (SSSR count). The number of rotatable bonds is 9. The molecule has 1 aliphatic carbocycles. The number of nitrogens with zero attached hydrogens (tertiary/aromatic N) is 2. The molecule has 3 N–H and O–H groups in total. The summed E-state index contributed by atoms with van der Waals surface area (Å²) in [4.78, 5) is 42.5. The molecule has 0 atom stereocenters. The lowest BCUT2D eigenvalue weighted by Crippen LogP contribution is -2.42. The van der Waals surface area contributed by atoms with E-state index in [1.54, 1.807) is 0 Å². The zero-order valence-corrected chi connectivity index (χ0v) is 19.3. The van der Waals surface area contributed by atoms with Crippen LogP contribution in [0.25, 0.3) is 0 Å². The number of nitrogen functional groups attached to an aromatic ring is 1. The summed E-state index contributed by atoms with van der Waals surface area (Å²) < 4.78 is 1.34. The average molecular weight is 441 g/mol. The first-order valence-corrected chi connectivity index (χ1v) is 11.8. The van der Waals surface area contributed by atoms with E-state index in [2.05, 4.69) is 18.8 Å². The minimum atomic E-state index is -0.605. The standard InChI is InChI=1S/C25H36N4O3/c1-18(2)15-16-28(21(30)14-13-19-9-5-3-6-10-19)22-23(26)29(25(32)27-24(22)31)17-20-11-7-4-8-12-20/h4,7-8,11-12,18-19H,3,5-6,9-10,13-17,26H2,1-2H3,(H,27,31,32). The molecule has 2 aromatic rings. The van der Waals surface area contributed by atoms with Gasteiger partial charge in [0.25, 0.3) is 5.56 Å². The lowest BCUT2D eigenvalue weighted by molar-refractivity contribution is -0.119. The van der Waals surface area contributed by atoms with Crippen LogP contribution in [0, 0.1) is 11.8 Å². The Labute approximate surface area is 189 Å². The van der Waals surface area contributed by atoms with E-state index >= 15 is 0 Å². The topological polar surface area (TPSA) is 101 Å². The van der Waals surface area contributed by atoms with E-state index in [1.807, 2.05) is 30.3 Å². The molecule has 1 saturated carbocycles. The molecule has 32 heavy (non-hydrogen) atoms. The number of aromatic nitrogens is 2. The highest BCUT2D eigenvalue weighted by molar-refractivity contribution is 5.95. The normalized spacial score (nSPS) is 14.6. The van der Waals surface area contributed by atoms with E-state index in [0.29, 0.717) is 24.8 Å². The second kappa shape index (κ2) is 11.2. The Kier molecular flexibility index (Phi) is 8.31. The predicted octanol–water partition coefficient (Wildman–Crippen LogP) is 3.91. The molecule has 1 fully saturated rings. The second-order valence-electron chi connectivity index (χ2n) is 9.34. The van der Waals surface area contributed by atoms with Crippen molar-refractivity contribution in [1.82, 2.24) is 9.55 Å². The smallest absolute Gasteiger partial charge is 0.330 e. The maximum atomic E-state index is 13.3. The monoisotopic (exact) mass is 440 g/mol. The van der Waals surface area contributed by atoms with Gasteiger partial charge in [-0.1, -0.05) is 76.3 Å². The minimum Gasteiger partial charge on any atom is -0.383 e. The molecule has 0 aliphatic heterocycles. The maximum Gasteiger partial charge on any atom is 0.330 e. The molecule has 174 valence electrons. The summed E-state index contributed by atoms with van der Waals surface area (Å²) in [5, 5.41) is 0. The first kappa shape index (κ1) is 23.8. The molecule has 1 aromatic heterocycles. The summed E-state index contributed by atoms with van der Waals surface area (Å²) in [5.74, 6) is 0.872. The van der Waals surface area contributed by atoms with Crippen LogP contribution >= 0.6 is 0 Å². The van der Waals surface area contributed by atoms with Crippen LogP contribution in [0.15, 0.2) is 39.9 Å². The number of nitrogens with one attached hydrogen (secondary N) is 1. The lowest BCUT2D eigenvalue weighted by atomic mass is 9.86. The largest absolute Gasteiger partial charge is 0.383 e. The molecular weight excluding hydrogens is 404 g/mol. The van der Waals surface area contributed by atoms with Crippen molar-refractivity contribution in [2.45, 2.75) is 71.8 Å². The van der Waals surface area contributed by atoms with Gasteiger partial charge in [0.05, 0.1) is 6.54 Å².